The molecule has 2 amide bonds. The van der Waals surface area contributed by atoms with Gasteiger partial charge >= 0.3 is 6.09 Å². The Balaban J connectivity index is 1.24. The maximum Gasteiger partial charge on any atom is 0.407 e. The van der Waals surface area contributed by atoms with Gasteiger partial charge in [-0.1, -0.05) is 38.0 Å². The lowest BCUT2D eigenvalue weighted by Gasteiger charge is -2.28. The standard InChI is InChI=1S/C36H44N4O3/c1-23-10-11-25-20-28-21-26(34(41)39-17-18-40-35(42)43-36(2,3)4)12-14-31(28)29(25)8-5-7-24(19-23)30-15-13-27(22-37)33-32(30)9-6-16-38-33/h6,9,12-16,21,23-25,29H,5,7-8,10-11,17-20H2,1-4H3,(H,39,41)(H,40,42)/t23-,24?,25?,29-/m0/s1. The molecule has 4 atom stereocenters. The highest BCUT2D eigenvalue weighted by molar-refractivity contribution is 5.94. The molecule has 2 unspecified atom stereocenters. The molecule has 2 N–H and O–H groups in total. The van der Waals surface area contributed by atoms with E-state index in [1.165, 1.54) is 29.5 Å². The Hall–Kier alpha value is -3.92. The van der Waals surface area contributed by atoms with Crippen molar-refractivity contribution in [1.82, 2.24) is 15.6 Å². The minimum atomic E-state index is -0.553. The van der Waals surface area contributed by atoms with Crippen molar-refractivity contribution in [3.8, 4) is 6.07 Å². The Morgan fingerprint density at radius 2 is 1.81 bits per heavy atom. The first-order chi connectivity index (χ1) is 20.6. The minimum absolute atomic E-state index is 0.118. The van der Waals surface area contributed by atoms with Crippen LogP contribution in [0.1, 0.15) is 111 Å². The van der Waals surface area contributed by atoms with Crippen LogP contribution in [0.5, 0.6) is 0 Å². The molecule has 2 aromatic carbocycles. The second-order valence-corrected chi connectivity index (χ2v) is 13.4. The van der Waals surface area contributed by atoms with E-state index in [0.717, 1.165) is 43.0 Å². The van der Waals surface area contributed by atoms with Crippen LogP contribution in [0.3, 0.4) is 0 Å². The molecule has 0 spiro atoms. The fraction of sp³-hybridized carbons (Fsp3) is 0.500. The maximum atomic E-state index is 12.9. The highest BCUT2D eigenvalue weighted by Crippen LogP contribution is 2.46. The molecular formula is C36H44N4O3. The van der Waals surface area contributed by atoms with Gasteiger partial charge in [0.15, 0.2) is 0 Å². The van der Waals surface area contributed by atoms with Gasteiger partial charge in [-0.3, -0.25) is 9.78 Å². The zero-order valence-electron chi connectivity index (χ0n) is 25.9. The van der Waals surface area contributed by atoms with E-state index in [1.807, 2.05) is 39.0 Å². The van der Waals surface area contributed by atoms with Gasteiger partial charge in [0.05, 0.1) is 11.1 Å². The van der Waals surface area contributed by atoms with Crippen LogP contribution in [0.4, 0.5) is 4.79 Å². The van der Waals surface area contributed by atoms with Crippen LogP contribution in [0.25, 0.3) is 10.9 Å². The zero-order valence-corrected chi connectivity index (χ0v) is 25.9. The maximum absolute atomic E-state index is 12.9. The van der Waals surface area contributed by atoms with E-state index >= 15 is 0 Å². The van der Waals surface area contributed by atoms with Gasteiger partial charge < -0.3 is 15.4 Å². The summed E-state index contributed by atoms with van der Waals surface area (Å²) < 4.78 is 5.24. The number of aromatic nitrogens is 1. The molecule has 5 rings (SSSR count). The Morgan fingerprint density at radius 3 is 2.60 bits per heavy atom. The molecule has 0 saturated heterocycles. The molecule has 43 heavy (non-hydrogen) atoms. The molecular weight excluding hydrogens is 536 g/mol. The molecule has 2 aliphatic carbocycles. The number of benzene rings is 2. The zero-order chi connectivity index (χ0) is 30.6. The van der Waals surface area contributed by atoms with Crippen LogP contribution in [0.2, 0.25) is 0 Å². The van der Waals surface area contributed by atoms with Crippen LogP contribution in [-0.2, 0) is 11.2 Å². The van der Waals surface area contributed by atoms with Crippen molar-refractivity contribution >= 4 is 22.9 Å². The number of carbonyl (C=O) groups is 2. The van der Waals surface area contributed by atoms with Gasteiger partial charge in [0, 0.05) is 30.2 Å². The van der Waals surface area contributed by atoms with Gasteiger partial charge in [-0.05, 0) is 118 Å². The van der Waals surface area contributed by atoms with E-state index in [2.05, 4.69) is 52.9 Å². The van der Waals surface area contributed by atoms with Gasteiger partial charge in [0.1, 0.15) is 11.7 Å². The van der Waals surface area contributed by atoms with Crippen LogP contribution in [0.15, 0.2) is 48.7 Å². The topological polar surface area (TPSA) is 104 Å². The molecule has 2 aliphatic rings. The Bertz CT molecular complexity index is 1520. The van der Waals surface area contributed by atoms with E-state index < -0.39 is 11.7 Å². The number of pyridine rings is 1. The molecule has 0 aliphatic heterocycles. The summed E-state index contributed by atoms with van der Waals surface area (Å²) in [5.74, 6) is 2.07. The Kier molecular flexibility index (Phi) is 9.34. The van der Waals surface area contributed by atoms with Crippen LogP contribution >= 0.6 is 0 Å². The normalized spacial score (nSPS) is 22.1. The van der Waals surface area contributed by atoms with Crippen molar-refractivity contribution in [2.45, 2.75) is 90.1 Å². The van der Waals surface area contributed by atoms with Crippen molar-refractivity contribution in [3.05, 3.63) is 76.5 Å². The van der Waals surface area contributed by atoms with Crippen LogP contribution in [-0.4, -0.2) is 35.7 Å². The molecule has 1 fully saturated rings. The molecule has 226 valence electrons. The number of ether oxygens (including phenoxy) is 1. The number of hydrogen-bond acceptors (Lipinski definition) is 5. The number of nitrogens with zero attached hydrogens (tertiary/aromatic N) is 2. The van der Waals surface area contributed by atoms with Crippen molar-refractivity contribution in [3.63, 3.8) is 0 Å². The highest BCUT2D eigenvalue weighted by atomic mass is 16.6. The summed E-state index contributed by atoms with van der Waals surface area (Å²) in [7, 11) is 0. The summed E-state index contributed by atoms with van der Waals surface area (Å²) in [5, 5.41) is 16.3. The number of fused-ring (bicyclic) bond motifs is 4. The molecule has 0 bridgehead atoms. The smallest absolute Gasteiger partial charge is 0.407 e. The number of carbonyl (C=O) groups excluding carboxylic acids is 2. The summed E-state index contributed by atoms with van der Waals surface area (Å²) in [5.41, 5.74) is 5.62. The van der Waals surface area contributed by atoms with Crippen molar-refractivity contribution in [1.29, 1.82) is 5.26 Å². The fourth-order valence-corrected chi connectivity index (χ4v) is 7.14. The van der Waals surface area contributed by atoms with Gasteiger partial charge in [0.25, 0.3) is 5.91 Å². The lowest BCUT2D eigenvalue weighted by atomic mass is 9.76. The number of hydrogen-bond donors (Lipinski definition) is 2. The predicted molar refractivity (Wildman–Crippen MR) is 169 cm³/mol. The SMILES string of the molecule is C[C@H]1CCC2Cc3cc(C(=O)NCCNC(=O)OC(C)(C)C)ccc3[C@H]2CCCC(c2ccc(C#N)c3ncccc23)C1. The van der Waals surface area contributed by atoms with E-state index in [4.69, 9.17) is 4.74 Å². The van der Waals surface area contributed by atoms with E-state index in [1.54, 1.807) is 6.20 Å². The van der Waals surface area contributed by atoms with Crippen molar-refractivity contribution in [2.24, 2.45) is 11.8 Å². The largest absolute Gasteiger partial charge is 0.444 e. The van der Waals surface area contributed by atoms with E-state index in [0.29, 0.717) is 47.9 Å². The number of rotatable bonds is 5. The number of amides is 2. The van der Waals surface area contributed by atoms with Gasteiger partial charge in [-0.15, -0.1) is 0 Å². The van der Waals surface area contributed by atoms with Gasteiger partial charge in [-0.2, -0.15) is 5.26 Å². The fourth-order valence-electron chi connectivity index (χ4n) is 7.14. The average molecular weight is 581 g/mol. The monoisotopic (exact) mass is 580 g/mol. The van der Waals surface area contributed by atoms with Crippen LogP contribution in [0, 0.1) is 23.2 Å². The molecule has 1 heterocycles. The number of nitriles is 1. The van der Waals surface area contributed by atoms with Gasteiger partial charge in [-0.25, -0.2) is 4.79 Å². The Labute approximate surface area is 255 Å². The lowest BCUT2D eigenvalue weighted by Crippen LogP contribution is -2.37. The summed E-state index contributed by atoms with van der Waals surface area (Å²) in [6.45, 7) is 8.49. The molecule has 3 aromatic rings. The number of nitrogens with one attached hydrogen (secondary N) is 2. The first-order valence-corrected chi connectivity index (χ1v) is 15.8. The van der Waals surface area contributed by atoms with Crippen molar-refractivity contribution < 1.29 is 14.3 Å². The van der Waals surface area contributed by atoms with Crippen molar-refractivity contribution in [2.75, 3.05) is 13.1 Å². The first-order valence-electron chi connectivity index (χ1n) is 15.8. The Morgan fingerprint density at radius 1 is 1.02 bits per heavy atom. The third-order valence-corrected chi connectivity index (χ3v) is 9.08. The van der Waals surface area contributed by atoms with Gasteiger partial charge in [0.2, 0.25) is 0 Å². The molecule has 1 aromatic heterocycles. The summed E-state index contributed by atoms with van der Waals surface area (Å²) in [6, 6.07) is 16.7. The summed E-state index contributed by atoms with van der Waals surface area (Å²) in [6.07, 6.45) is 9.27. The predicted octanol–water partition coefficient (Wildman–Crippen LogP) is 7.39. The van der Waals surface area contributed by atoms with E-state index in [-0.39, 0.29) is 5.91 Å². The molecule has 7 nitrogen and oxygen atoms in total. The summed E-state index contributed by atoms with van der Waals surface area (Å²) in [4.78, 5) is 29.3. The third kappa shape index (κ3) is 7.36. The summed E-state index contributed by atoms with van der Waals surface area (Å²) >= 11 is 0. The molecule has 0 radical (unpaired) electrons. The second-order valence-electron chi connectivity index (χ2n) is 13.4. The quantitative estimate of drug-likeness (QED) is 0.306. The lowest BCUT2D eigenvalue weighted by molar-refractivity contribution is 0.0526. The molecule has 7 heteroatoms. The average Bonchev–Trinajstić information content (AvgIpc) is 3.33. The first kappa shape index (κ1) is 30.5. The van der Waals surface area contributed by atoms with Crippen LogP contribution < -0.4 is 10.6 Å². The number of alkyl carbamates (subject to hydrolysis) is 1. The van der Waals surface area contributed by atoms with E-state index in [9.17, 15) is 14.9 Å². The second kappa shape index (κ2) is 13.2. The molecule has 1 saturated carbocycles. The minimum Gasteiger partial charge on any atom is -0.444 e. The third-order valence-electron chi connectivity index (χ3n) is 9.08. The highest BCUT2D eigenvalue weighted by Gasteiger charge is 2.34.